The van der Waals surface area contributed by atoms with Gasteiger partial charge < -0.3 is 20.3 Å². The Morgan fingerprint density at radius 1 is 1.25 bits per heavy atom. The van der Waals surface area contributed by atoms with Crippen molar-refractivity contribution in [1.82, 2.24) is 20.4 Å². The van der Waals surface area contributed by atoms with Gasteiger partial charge >= 0.3 is 0 Å². The first kappa shape index (κ1) is 21.0. The standard InChI is InChI=1S/C17H29N5O.HI/c1-18-17(19-11-14-7-5-6-8-16(14)23-4)20-12-15-13-21(2)9-10-22(15)3;/h5-8,15H,9-13H2,1-4H3,(H2,18,19,20);1H. The number of likely N-dealkylation sites (N-methyl/N-ethyl adjacent to an activating group) is 2. The maximum atomic E-state index is 5.38. The second-order valence-electron chi connectivity index (χ2n) is 6.02. The van der Waals surface area contributed by atoms with Gasteiger partial charge in [-0.25, -0.2) is 0 Å². The quantitative estimate of drug-likeness (QED) is 0.404. The number of nitrogens with one attached hydrogen (secondary N) is 2. The van der Waals surface area contributed by atoms with Crippen LogP contribution in [0.15, 0.2) is 29.3 Å². The summed E-state index contributed by atoms with van der Waals surface area (Å²) in [4.78, 5) is 9.08. The molecular weight excluding hydrogens is 417 g/mol. The lowest BCUT2D eigenvalue weighted by molar-refractivity contribution is 0.116. The molecule has 0 amide bonds. The Labute approximate surface area is 162 Å². The SMILES string of the molecule is CN=C(NCc1ccccc1OC)NCC1CN(C)CCN1C.I. The third kappa shape index (κ3) is 6.10. The first-order chi connectivity index (χ1) is 11.1. The zero-order valence-electron chi connectivity index (χ0n) is 15.1. The lowest BCUT2D eigenvalue weighted by Gasteiger charge is -2.37. The van der Waals surface area contributed by atoms with Crippen molar-refractivity contribution in [1.29, 1.82) is 0 Å². The van der Waals surface area contributed by atoms with E-state index in [1.54, 1.807) is 14.2 Å². The molecule has 1 heterocycles. The zero-order chi connectivity index (χ0) is 16.7. The van der Waals surface area contributed by atoms with Crippen LogP contribution >= 0.6 is 24.0 Å². The molecule has 0 aromatic heterocycles. The lowest BCUT2D eigenvalue weighted by Crippen LogP contribution is -2.55. The van der Waals surface area contributed by atoms with Crippen LogP contribution in [0.5, 0.6) is 5.75 Å². The van der Waals surface area contributed by atoms with E-state index in [0.717, 1.165) is 43.5 Å². The number of guanidine groups is 1. The molecule has 0 aliphatic carbocycles. The summed E-state index contributed by atoms with van der Waals surface area (Å²) in [5.74, 6) is 1.71. The van der Waals surface area contributed by atoms with Crippen molar-refractivity contribution >= 4 is 29.9 Å². The van der Waals surface area contributed by atoms with Gasteiger partial charge in [-0.1, -0.05) is 18.2 Å². The first-order valence-electron chi connectivity index (χ1n) is 8.09. The number of hydrogen-bond donors (Lipinski definition) is 2. The highest BCUT2D eigenvalue weighted by Crippen LogP contribution is 2.16. The molecular formula is C17H30IN5O. The van der Waals surface area contributed by atoms with Gasteiger partial charge in [0.25, 0.3) is 0 Å². The van der Waals surface area contributed by atoms with Crippen molar-refractivity contribution in [3.05, 3.63) is 29.8 Å². The van der Waals surface area contributed by atoms with E-state index in [2.05, 4.69) is 45.6 Å². The maximum Gasteiger partial charge on any atom is 0.191 e. The molecule has 6 nitrogen and oxygen atoms in total. The van der Waals surface area contributed by atoms with E-state index in [1.807, 2.05) is 18.2 Å². The molecule has 0 bridgehead atoms. The number of nitrogens with zero attached hydrogens (tertiary/aromatic N) is 3. The highest BCUT2D eigenvalue weighted by Gasteiger charge is 2.22. The molecule has 1 aliphatic rings. The predicted octanol–water partition coefficient (Wildman–Crippen LogP) is 1.22. The van der Waals surface area contributed by atoms with Gasteiger partial charge in [0.1, 0.15) is 5.75 Å². The Morgan fingerprint density at radius 2 is 2.00 bits per heavy atom. The number of piperazine rings is 1. The molecule has 0 saturated carbocycles. The topological polar surface area (TPSA) is 52.1 Å². The molecule has 7 heteroatoms. The maximum absolute atomic E-state index is 5.38. The summed E-state index contributed by atoms with van der Waals surface area (Å²) in [5, 5.41) is 6.78. The molecule has 1 aliphatic heterocycles. The molecule has 0 radical (unpaired) electrons. The highest BCUT2D eigenvalue weighted by atomic mass is 127. The molecule has 1 aromatic carbocycles. The Balaban J connectivity index is 0.00000288. The van der Waals surface area contributed by atoms with Crippen molar-refractivity contribution in [2.45, 2.75) is 12.6 Å². The fraction of sp³-hybridized carbons (Fsp3) is 0.588. The average molecular weight is 447 g/mol. The van der Waals surface area contributed by atoms with Crippen LogP contribution in [0.4, 0.5) is 0 Å². The van der Waals surface area contributed by atoms with Crippen LogP contribution in [-0.4, -0.2) is 76.2 Å². The fourth-order valence-electron chi connectivity index (χ4n) is 2.78. The summed E-state index contributed by atoms with van der Waals surface area (Å²) in [7, 11) is 7.86. The number of rotatable bonds is 5. The Kier molecular flexibility index (Phi) is 9.38. The van der Waals surface area contributed by atoms with Crippen molar-refractivity contribution < 1.29 is 4.74 Å². The average Bonchev–Trinajstić information content (AvgIpc) is 2.58. The van der Waals surface area contributed by atoms with Gasteiger partial charge in [-0.15, -0.1) is 24.0 Å². The van der Waals surface area contributed by atoms with Crippen LogP contribution in [0.1, 0.15) is 5.56 Å². The third-order valence-electron chi connectivity index (χ3n) is 4.35. The Bertz CT molecular complexity index is 525. The van der Waals surface area contributed by atoms with E-state index in [9.17, 15) is 0 Å². The summed E-state index contributed by atoms with van der Waals surface area (Å²) in [5.41, 5.74) is 1.12. The summed E-state index contributed by atoms with van der Waals surface area (Å²) in [6, 6.07) is 8.52. The monoisotopic (exact) mass is 447 g/mol. The van der Waals surface area contributed by atoms with Crippen LogP contribution in [0.2, 0.25) is 0 Å². The molecule has 0 spiro atoms. The van der Waals surface area contributed by atoms with Gasteiger partial charge in [-0.05, 0) is 20.2 Å². The summed E-state index contributed by atoms with van der Waals surface area (Å²) >= 11 is 0. The molecule has 1 atom stereocenters. The largest absolute Gasteiger partial charge is 0.496 e. The number of para-hydroxylation sites is 1. The number of halogens is 1. The molecule has 2 N–H and O–H groups in total. The van der Waals surface area contributed by atoms with E-state index >= 15 is 0 Å². The van der Waals surface area contributed by atoms with Gasteiger partial charge in [0.05, 0.1) is 7.11 Å². The molecule has 1 saturated heterocycles. The molecule has 1 fully saturated rings. The predicted molar refractivity (Wildman–Crippen MR) is 111 cm³/mol. The molecule has 1 unspecified atom stereocenters. The minimum atomic E-state index is 0. The molecule has 2 rings (SSSR count). The summed E-state index contributed by atoms with van der Waals surface area (Å²) in [6.45, 7) is 4.88. The molecule has 136 valence electrons. The summed E-state index contributed by atoms with van der Waals surface area (Å²) < 4.78 is 5.38. The minimum Gasteiger partial charge on any atom is -0.496 e. The fourth-order valence-corrected chi connectivity index (χ4v) is 2.78. The Hall–Kier alpha value is -1.06. The number of benzene rings is 1. The number of aliphatic imine (C=N–C) groups is 1. The van der Waals surface area contributed by atoms with Gasteiger partial charge in [-0.3, -0.25) is 9.89 Å². The second kappa shape index (κ2) is 10.7. The second-order valence-corrected chi connectivity index (χ2v) is 6.02. The third-order valence-corrected chi connectivity index (χ3v) is 4.35. The van der Waals surface area contributed by atoms with Crippen molar-refractivity contribution in [3.63, 3.8) is 0 Å². The van der Waals surface area contributed by atoms with E-state index in [0.29, 0.717) is 12.6 Å². The molecule has 1 aromatic rings. The van der Waals surface area contributed by atoms with Crippen molar-refractivity contribution in [2.75, 3.05) is 54.4 Å². The van der Waals surface area contributed by atoms with Crippen LogP contribution < -0.4 is 15.4 Å². The summed E-state index contributed by atoms with van der Waals surface area (Å²) in [6.07, 6.45) is 0. The van der Waals surface area contributed by atoms with E-state index in [1.165, 1.54) is 0 Å². The van der Waals surface area contributed by atoms with Gasteiger partial charge in [-0.2, -0.15) is 0 Å². The zero-order valence-corrected chi connectivity index (χ0v) is 17.4. The Morgan fingerprint density at radius 3 is 2.71 bits per heavy atom. The van der Waals surface area contributed by atoms with Crippen LogP contribution in [-0.2, 0) is 6.54 Å². The smallest absolute Gasteiger partial charge is 0.191 e. The highest BCUT2D eigenvalue weighted by molar-refractivity contribution is 14.0. The number of methoxy groups -OCH3 is 1. The van der Waals surface area contributed by atoms with Gasteiger partial charge in [0.2, 0.25) is 0 Å². The number of hydrogen-bond acceptors (Lipinski definition) is 4. The van der Waals surface area contributed by atoms with E-state index in [-0.39, 0.29) is 24.0 Å². The lowest BCUT2D eigenvalue weighted by atomic mass is 10.2. The first-order valence-corrected chi connectivity index (χ1v) is 8.09. The van der Waals surface area contributed by atoms with E-state index < -0.39 is 0 Å². The number of ether oxygens (including phenoxy) is 1. The van der Waals surface area contributed by atoms with E-state index in [4.69, 9.17) is 4.74 Å². The minimum absolute atomic E-state index is 0. The van der Waals surface area contributed by atoms with Crippen LogP contribution in [0.3, 0.4) is 0 Å². The van der Waals surface area contributed by atoms with Gasteiger partial charge in [0, 0.05) is 51.4 Å². The van der Waals surface area contributed by atoms with Crippen LogP contribution in [0.25, 0.3) is 0 Å². The normalized spacial score (nSPS) is 19.5. The molecule has 24 heavy (non-hydrogen) atoms. The van der Waals surface area contributed by atoms with Crippen molar-refractivity contribution in [2.24, 2.45) is 4.99 Å². The van der Waals surface area contributed by atoms with Crippen LogP contribution in [0, 0.1) is 0 Å². The van der Waals surface area contributed by atoms with Gasteiger partial charge in [0.15, 0.2) is 5.96 Å². The van der Waals surface area contributed by atoms with Crippen molar-refractivity contribution in [3.8, 4) is 5.75 Å².